The van der Waals surface area contributed by atoms with Crippen LogP contribution in [0, 0.1) is 5.82 Å². The predicted octanol–water partition coefficient (Wildman–Crippen LogP) is 3.06. The summed E-state index contributed by atoms with van der Waals surface area (Å²) in [5.41, 5.74) is 0.355. The van der Waals surface area contributed by atoms with Crippen LogP contribution in [0.15, 0.2) is 18.2 Å². The minimum Gasteiger partial charge on any atom is -0.494 e. The smallest absolute Gasteiger partial charge is 0.165 e. The summed E-state index contributed by atoms with van der Waals surface area (Å²) in [6.07, 6.45) is 0. The third-order valence-electron chi connectivity index (χ3n) is 1.56. The lowest BCUT2D eigenvalue weighted by Gasteiger charge is -2.01. The van der Waals surface area contributed by atoms with Gasteiger partial charge < -0.3 is 4.74 Å². The van der Waals surface area contributed by atoms with Crippen molar-refractivity contribution in [2.45, 2.75) is 20.8 Å². The first-order valence-electron chi connectivity index (χ1n) is 4.49. The van der Waals surface area contributed by atoms with E-state index in [-0.39, 0.29) is 11.5 Å². The summed E-state index contributed by atoms with van der Waals surface area (Å²) in [5.74, 6) is -0.512. The molecule has 0 fully saturated rings. The van der Waals surface area contributed by atoms with Crippen molar-refractivity contribution in [1.82, 2.24) is 0 Å². The molecule has 0 aliphatic carbocycles. The fourth-order valence-corrected chi connectivity index (χ4v) is 0.885. The van der Waals surface area contributed by atoms with Crippen LogP contribution in [0.25, 0.3) is 0 Å². The highest BCUT2D eigenvalue weighted by Crippen LogP contribution is 2.17. The summed E-state index contributed by atoms with van der Waals surface area (Å²) in [5, 5.41) is 0. The van der Waals surface area contributed by atoms with Crippen LogP contribution in [-0.2, 0) is 0 Å². The maximum atomic E-state index is 12.9. The Kier molecular flexibility index (Phi) is 5.53. The van der Waals surface area contributed by atoms with E-state index in [2.05, 4.69) is 0 Å². The van der Waals surface area contributed by atoms with Crippen molar-refractivity contribution in [1.29, 1.82) is 0 Å². The van der Waals surface area contributed by atoms with Gasteiger partial charge in [-0.25, -0.2) is 4.39 Å². The van der Waals surface area contributed by atoms with Gasteiger partial charge in [0.15, 0.2) is 17.3 Å². The first-order valence-corrected chi connectivity index (χ1v) is 4.49. The van der Waals surface area contributed by atoms with Gasteiger partial charge in [-0.05, 0) is 25.1 Å². The fourth-order valence-electron chi connectivity index (χ4n) is 0.885. The Labute approximate surface area is 83.7 Å². The van der Waals surface area contributed by atoms with Gasteiger partial charge in [0.2, 0.25) is 0 Å². The van der Waals surface area contributed by atoms with Crippen LogP contribution in [-0.4, -0.2) is 12.9 Å². The summed E-state index contributed by atoms with van der Waals surface area (Å²) in [6, 6.07) is 4.14. The van der Waals surface area contributed by atoms with Gasteiger partial charge in [-0.2, -0.15) is 0 Å². The number of carbonyl (C=O) groups is 1. The third kappa shape index (κ3) is 3.17. The molecule has 1 aromatic rings. The lowest BCUT2D eigenvalue weighted by atomic mass is 10.1. The minimum atomic E-state index is -0.509. The fraction of sp³-hybridized carbons (Fsp3) is 0.364. The Balaban J connectivity index is 0.000000791. The maximum absolute atomic E-state index is 12.9. The predicted molar refractivity (Wildman–Crippen MR) is 54.3 cm³/mol. The van der Waals surface area contributed by atoms with Crippen LogP contribution in [0.2, 0.25) is 0 Å². The van der Waals surface area contributed by atoms with E-state index < -0.39 is 5.82 Å². The summed E-state index contributed by atoms with van der Waals surface area (Å²) < 4.78 is 17.6. The molecule has 0 saturated heterocycles. The standard InChI is InChI=1S/C9H9FO2.C2H6/c1-6(11)7-3-4-9(12-2)8(10)5-7;1-2/h3-5H,1-2H3;1-2H3. The molecular weight excluding hydrogens is 183 g/mol. The monoisotopic (exact) mass is 198 g/mol. The molecule has 1 rings (SSSR count). The van der Waals surface area contributed by atoms with Crippen LogP contribution in [0.3, 0.4) is 0 Å². The molecule has 0 heterocycles. The quantitative estimate of drug-likeness (QED) is 0.682. The second kappa shape index (κ2) is 6.13. The van der Waals surface area contributed by atoms with Crippen molar-refractivity contribution >= 4 is 5.78 Å². The Hall–Kier alpha value is -1.38. The zero-order chi connectivity index (χ0) is 11.1. The molecule has 0 aliphatic rings. The normalized spacial score (nSPS) is 8.64. The lowest BCUT2D eigenvalue weighted by molar-refractivity contribution is 0.101. The lowest BCUT2D eigenvalue weighted by Crippen LogP contribution is -1.94. The van der Waals surface area contributed by atoms with Gasteiger partial charge in [0.1, 0.15) is 0 Å². The number of rotatable bonds is 2. The Morgan fingerprint density at radius 1 is 1.36 bits per heavy atom. The zero-order valence-corrected chi connectivity index (χ0v) is 8.93. The molecule has 78 valence electrons. The van der Waals surface area contributed by atoms with Crippen molar-refractivity contribution < 1.29 is 13.9 Å². The van der Waals surface area contributed by atoms with Crippen molar-refractivity contribution in [3.05, 3.63) is 29.6 Å². The summed E-state index contributed by atoms with van der Waals surface area (Å²) >= 11 is 0. The van der Waals surface area contributed by atoms with Crippen LogP contribution in [0.1, 0.15) is 31.1 Å². The number of Topliss-reactive ketones (excluding diaryl/α,β-unsaturated/α-hetero) is 1. The molecule has 0 bridgehead atoms. The van der Waals surface area contributed by atoms with E-state index in [0.29, 0.717) is 5.56 Å². The highest BCUT2D eigenvalue weighted by atomic mass is 19.1. The molecule has 1 aromatic carbocycles. The number of hydrogen-bond donors (Lipinski definition) is 0. The maximum Gasteiger partial charge on any atom is 0.165 e. The van der Waals surface area contributed by atoms with Gasteiger partial charge in [-0.1, -0.05) is 13.8 Å². The van der Waals surface area contributed by atoms with Crippen molar-refractivity contribution in [3.63, 3.8) is 0 Å². The highest BCUT2D eigenvalue weighted by Gasteiger charge is 2.05. The van der Waals surface area contributed by atoms with Crippen molar-refractivity contribution in [2.24, 2.45) is 0 Å². The van der Waals surface area contributed by atoms with E-state index >= 15 is 0 Å². The Morgan fingerprint density at radius 3 is 2.29 bits per heavy atom. The highest BCUT2D eigenvalue weighted by molar-refractivity contribution is 5.94. The Morgan fingerprint density at radius 2 is 1.93 bits per heavy atom. The number of ether oxygens (including phenoxy) is 1. The van der Waals surface area contributed by atoms with E-state index in [9.17, 15) is 9.18 Å². The van der Waals surface area contributed by atoms with Crippen LogP contribution >= 0.6 is 0 Å². The number of methoxy groups -OCH3 is 1. The van der Waals surface area contributed by atoms with Crippen LogP contribution in [0.5, 0.6) is 5.75 Å². The summed E-state index contributed by atoms with van der Waals surface area (Å²) in [4.78, 5) is 10.8. The minimum absolute atomic E-state index is 0.153. The average molecular weight is 198 g/mol. The average Bonchev–Trinajstić information content (AvgIpc) is 2.20. The van der Waals surface area contributed by atoms with Gasteiger partial charge >= 0.3 is 0 Å². The first-order chi connectivity index (χ1) is 6.65. The summed E-state index contributed by atoms with van der Waals surface area (Å²) in [7, 11) is 1.38. The van der Waals surface area contributed by atoms with Gasteiger partial charge in [-0.15, -0.1) is 0 Å². The SMILES string of the molecule is CC.COc1ccc(C(C)=O)cc1F. The number of benzene rings is 1. The molecule has 14 heavy (non-hydrogen) atoms. The number of hydrogen-bond acceptors (Lipinski definition) is 2. The van der Waals surface area contributed by atoms with E-state index in [0.717, 1.165) is 0 Å². The molecule has 3 heteroatoms. The van der Waals surface area contributed by atoms with Gasteiger partial charge in [0.05, 0.1) is 7.11 Å². The Bertz CT molecular complexity index is 308. The molecule has 0 saturated carbocycles. The molecule has 0 atom stereocenters. The molecule has 0 unspecified atom stereocenters. The van der Waals surface area contributed by atoms with E-state index in [1.807, 2.05) is 13.8 Å². The molecule has 0 aliphatic heterocycles. The van der Waals surface area contributed by atoms with E-state index in [4.69, 9.17) is 4.74 Å². The third-order valence-corrected chi connectivity index (χ3v) is 1.56. The number of ketones is 1. The van der Waals surface area contributed by atoms with E-state index in [1.165, 1.54) is 32.2 Å². The molecule has 0 spiro atoms. The molecule has 0 aromatic heterocycles. The van der Waals surface area contributed by atoms with Crippen molar-refractivity contribution in [3.8, 4) is 5.75 Å². The second-order valence-electron chi connectivity index (χ2n) is 2.41. The van der Waals surface area contributed by atoms with Crippen LogP contribution < -0.4 is 4.74 Å². The largest absolute Gasteiger partial charge is 0.494 e. The van der Waals surface area contributed by atoms with Gasteiger partial charge in [-0.3, -0.25) is 4.79 Å². The second-order valence-corrected chi connectivity index (χ2v) is 2.41. The molecule has 0 amide bonds. The summed E-state index contributed by atoms with van der Waals surface area (Å²) in [6.45, 7) is 5.39. The molecule has 0 N–H and O–H groups in total. The van der Waals surface area contributed by atoms with Crippen molar-refractivity contribution in [2.75, 3.05) is 7.11 Å². The topological polar surface area (TPSA) is 26.3 Å². The first kappa shape index (κ1) is 12.6. The number of carbonyl (C=O) groups excluding carboxylic acids is 1. The van der Waals surface area contributed by atoms with Gasteiger partial charge in [0, 0.05) is 5.56 Å². The molecule has 0 radical (unpaired) electrons. The number of halogens is 1. The van der Waals surface area contributed by atoms with Crippen LogP contribution in [0.4, 0.5) is 4.39 Å². The zero-order valence-electron chi connectivity index (χ0n) is 8.93. The molecule has 2 nitrogen and oxygen atoms in total. The van der Waals surface area contributed by atoms with E-state index in [1.54, 1.807) is 0 Å². The molecular formula is C11H15FO2. The van der Waals surface area contributed by atoms with Gasteiger partial charge in [0.25, 0.3) is 0 Å².